The van der Waals surface area contributed by atoms with E-state index in [0.29, 0.717) is 12.1 Å². The number of anilines is 1. The zero-order valence-corrected chi connectivity index (χ0v) is 27.7. The van der Waals surface area contributed by atoms with Gasteiger partial charge in [0.05, 0.1) is 10.9 Å². The molecule has 226 valence electrons. The van der Waals surface area contributed by atoms with Crippen LogP contribution in [0.3, 0.4) is 0 Å². The van der Waals surface area contributed by atoms with Crippen LogP contribution < -0.4 is 10.7 Å². The average molecular weight is 636 g/mol. The summed E-state index contributed by atoms with van der Waals surface area (Å²) in [5.74, 6) is -0.190. The summed E-state index contributed by atoms with van der Waals surface area (Å²) in [6.45, 7) is 12.0. The molecule has 0 unspecified atom stereocenters. The first-order valence-corrected chi connectivity index (χ1v) is 15.5. The molecule has 1 aliphatic heterocycles. The van der Waals surface area contributed by atoms with Crippen molar-refractivity contribution in [3.8, 4) is 22.5 Å². The summed E-state index contributed by atoms with van der Waals surface area (Å²) < 4.78 is 6.54. The van der Waals surface area contributed by atoms with E-state index in [-0.39, 0.29) is 17.0 Å². The van der Waals surface area contributed by atoms with Crippen molar-refractivity contribution in [2.24, 2.45) is 4.99 Å². The number of fused-ring (bicyclic) bond motifs is 2. The van der Waals surface area contributed by atoms with Gasteiger partial charge in [0.15, 0.2) is 0 Å². The summed E-state index contributed by atoms with van der Waals surface area (Å²) in [6, 6.07) is 14.1. The molecule has 0 bridgehead atoms. The summed E-state index contributed by atoms with van der Waals surface area (Å²) in [5, 5.41) is 15.7. The second-order valence-corrected chi connectivity index (χ2v) is 11.1. The highest BCUT2D eigenvalue weighted by atomic mass is 79.9. The maximum atomic E-state index is 12.7. The highest BCUT2D eigenvalue weighted by molar-refractivity contribution is 8.93. The SMILES string of the molecule is Br.CCCCCCCCCCc1cccc(C(=O)O)c1-c1c2cc(C)c(=NCC)cc-2oc2cc(NCC)c(C)cc12. The molecule has 4 rings (SSSR count). The number of nitrogens with zero attached hydrogens (tertiary/aromatic N) is 1. The molecule has 2 aliphatic rings. The third-order valence-corrected chi connectivity index (χ3v) is 8.01. The lowest BCUT2D eigenvalue weighted by atomic mass is 9.85. The van der Waals surface area contributed by atoms with E-state index in [4.69, 9.17) is 4.42 Å². The molecule has 42 heavy (non-hydrogen) atoms. The Balaban J connectivity index is 0.00000484. The molecule has 0 spiro atoms. The Morgan fingerprint density at radius 2 is 1.60 bits per heavy atom. The van der Waals surface area contributed by atoms with Gasteiger partial charge in [0.2, 0.25) is 0 Å². The summed E-state index contributed by atoms with van der Waals surface area (Å²) >= 11 is 0. The van der Waals surface area contributed by atoms with E-state index in [2.05, 4.69) is 62.3 Å². The molecular weight excluding hydrogens is 588 g/mol. The molecule has 0 fully saturated rings. The van der Waals surface area contributed by atoms with Gasteiger partial charge < -0.3 is 14.8 Å². The van der Waals surface area contributed by atoms with Crippen molar-refractivity contribution in [3.63, 3.8) is 0 Å². The minimum atomic E-state index is -0.907. The molecule has 1 aliphatic carbocycles. The number of carbonyl (C=O) groups is 1. The van der Waals surface area contributed by atoms with Gasteiger partial charge in [-0.1, -0.05) is 64.0 Å². The minimum Gasteiger partial charge on any atom is -0.478 e. The number of aryl methyl sites for hydroxylation is 3. The van der Waals surface area contributed by atoms with E-state index < -0.39 is 5.97 Å². The van der Waals surface area contributed by atoms with Crippen molar-refractivity contribution < 1.29 is 14.3 Å². The number of benzene rings is 3. The van der Waals surface area contributed by atoms with Crippen LogP contribution in [0.2, 0.25) is 0 Å². The van der Waals surface area contributed by atoms with Gasteiger partial charge in [-0.3, -0.25) is 4.99 Å². The third kappa shape index (κ3) is 7.63. The third-order valence-electron chi connectivity index (χ3n) is 8.01. The Morgan fingerprint density at radius 3 is 2.26 bits per heavy atom. The van der Waals surface area contributed by atoms with Gasteiger partial charge in [-0.25, -0.2) is 4.79 Å². The van der Waals surface area contributed by atoms with Gasteiger partial charge in [0.25, 0.3) is 0 Å². The first kappa shape index (κ1) is 33.4. The van der Waals surface area contributed by atoms with Crippen molar-refractivity contribution in [1.82, 2.24) is 0 Å². The lowest BCUT2D eigenvalue weighted by Gasteiger charge is -2.21. The summed E-state index contributed by atoms with van der Waals surface area (Å²) in [4.78, 5) is 17.4. The summed E-state index contributed by atoms with van der Waals surface area (Å²) in [7, 11) is 0. The molecule has 2 aromatic carbocycles. The van der Waals surface area contributed by atoms with Crippen molar-refractivity contribution in [1.29, 1.82) is 0 Å². The van der Waals surface area contributed by atoms with Gasteiger partial charge in [0.1, 0.15) is 11.3 Å². The number of unbranched alkanes of at least 4 members (excludes halogenated alkanes) is 7. The number of aromatic carboxylic acids is 1. The van der Waals surface area contributed by atoms with E-state index in [1.165, 1.54) is 38.5 Å². The standard InChI is InChI=1S/C36H46N2O3.BrH/c1-6-9-10-11-12-13-14-15-17-26-18-16-19-27(36(39)40)34(26)35-28-20-24(4)30(37-7-2)22-32(28)41-33-23-31(38-8-3)25(5)21-29(33)35;/h16,18-23,37H,6-15,17H2,1-5H3,(H,39,40);1H. The minimum absolute atomic E-state index is 0. The number of hydrogen-bond donors (Lipinski definition) is 2. The number of rotatable bonds is 14. The van der Waals surface area contributed by atoms with Gasteiger partial charge in [-0.05, 0) is 75.4 Å². The molecule has 5 nitrogen and oxygen atoms in total. The Bertz CT molecular complexity index is 1540. The van der Waals surface area contributed by atoms with Gasteiger partial charge in [-0.15, -0.1) is 17.0 Å². The maximum Gasteiger partial charge on any atom is 0.336 e. The van der Waals surface area contributed by atoms with Gasteiger partial charge in [0, 0.05) is 53.0 Å². The van der Waals surface area contributed by atoms with Crippen molar-refractivity contribution in [2.45, 2.75) is 92.4 Å². The van der Waals surface area contributed by atoms with Gasteiger partial charge >= 0.3 is 5.97 Å². The zero-order chi connectivity index (χ0) is 29.4. The van der Waals surface area contributed by atoms with Crippen LogP contribution >= 0.6 is 17.0 Å². The Morgan fingerprint density at radius 1 is 0.881 bits per heavy atom. The first-order valence-electron chi connectivity index (χ1n) is 15.5. The number of carboxylic acids is 1. The Hall–Kier alpha value is -3.12. The molecule has 2 aromatic rings. The molecule has 1 heterocycles. The van der Waals surface area contributed by atoms with Crippen LogP contribution in [0.1, 0.15) is 99.2 Å². The van der Waals surface area contributed by atoms with E-state index in [9.17, 15) is 9.90 Å². The van der Waals surface area contributed by atoms with Crippen LogP contribution in [-0.4, -0.2) is 24.2 Å². The monoisotopic (exact) mass is 634 g/mol. The quantitative estimate of drug-likeness (QED) is 0.107. The largest absolute Gasteiger partial charge is 0.478 e. The maximum absolute atomic E-state index is 12.7. The predicted octanol–water partition coefficient (Wildman–Crippen LogP) is 10.1. The van der Waals surface area contributed by atoms with Crippen LogP contribution in [0.15, 0.2) is 51.9 Å². The molecule has 0 saturated carbocycles. The molecule has 0 aromatic heterocycles. The van der Waals surface area contributed by atoms with E-state index in [0.717, 1.165) is 87.0 Å². The lowest BCUT2D eigenvalue weighted by molar-refractivity contribution is 0.0697. The molecule has 0 amide bonds. The van der Waals surface area contributed by atoms with Crippen LogP contribution in [0.5, 0.6) is 0 Å². The highest BCUT2D eigenvalue weighted by Gasteiger charge is 2.25. The zero-order valence-electron chi connectivity index (χ0n) is 25.9. The summed E-state index contributed by atoms with van der Waals surface area (Å²) in [5.41, 5.74) is 7.99. The smallest absolute Gasteiger partial charge is 0.336 e. The normalized spacial score (nSPS) is 11.7. The summed E-state index contributed by atoms with van der Waals surface area (Å²) in [6.07, 6.45) is 10.7. The molecule has 6 heteroatoms. The number of hydrogen-bond acceptors (Lipinski definition) is 4. The second-order valence-electron chi connectivity index (χ2n) is 11.1. The van der Waals surface area contributed by atoms with Crippen molar-refractivity contribution in [2.75, 3.05) is 18.4 Å². The van der Waals surface area contributed by atoms with E-state index >= 15 is 0 Å². The number of carboxylic acid groups (broad SMARTS) is 1. The number of nitrogens with one attached hydrogen (secondary N) is 1. The van der Waals surface area contributed by atoms with Crippen LogP contribution in [-0.2, 0) is 6.42 Å². The fraction of sp³-hybridized carbons (Fsp3) is 0.444. The lowest BCUT2D eigenvalue weighted by Crippen LogP contribution is -2.10. The van der Waals surface area contributed by atoms with E-state index in [1.54, 1.807) is 6.07 Å². The highest BCUT2D eigenvalue weighted by Crippen LogP contribution is 2.44. The molecule has 0 atom stereocenters. The Kier molecular flexibility index (Phi) is 12.7. The molecule has 0 radical (unpaired) electrons. The topological polar surface area (TPSA) is 74.8 Å². The predicted molar refractivity (Wildman–Crippen MR) is 182 cm³/mol. The van der Waals surface area contributed by atoms with Crippen LogP contribution in [0.25, 0.3) is 33.4 Å². The molecular formula is C36H47BrN2O3. The van der Waals surface area contributed by atoms with E-state index in [1.807, 2.05) is 19.1 Å². The number of halogens is 1. The molecule has 0 saturated heterocycles. The first-order chi connectivity index (χ1) is 19.9. The molecule has 2 N–H and O–H groups in total. The van der Waals surface area contributed by atoms with Crippen molar-refractivity contribution >= 4 is 39.6 Å². The fourth-order valence-electron chi connectivity index (χ4n) is 5.91. The fourth-order valence-corrected chi connectivity index (χ4v) is 5.91. The van der Waals surface area contributed by atoms with Crippen LogP contribution in [0, 0.1) is 13.8 Å². The second kappa shape index (κ2) is 15.9. The van der Waals surface area contributed by atoms with Crippen LogP contribution in [0.4, 0.5) is 5.69 Å². The Labute approximate surface area is 261 Å². The average Bonchev–Trinajstić information content (AvgIpc) is 2.95. The van der Waals surface area contributed by atoms with Gasteiger partial charge in [-0.2, -0.15) is 0 Å². The van der Waals surface area contributed by atoms with Crippen molar-refractivity contribution in [3.05, 3.63) is 70.1 Å².